The molecule has 2 amide bonds. The number of nitrogens with zero attached hydrogens (tertiary/aromatic N) is 1. The first-order chi connectivity index (χ1) is 14.6. The number of para-hydroxylation sites is 1. The number of H-pyrrole nitrogens is 1. The number of hydrogen-bond acceptors (Lipinski definition) is 2. The maximum Gasteiger partial charge on any atom is 0.227 e. The predicted octanol–water partition coefficient (Wildman–Crippen LogP) is 3.86. The van der Waals surface area contributed by atoms with E-state index in [4.69, 9.17) is 0 Å². The van der Waals surface area contributed by atoms with Gasteiger partial charge in [-0.05, 0) is 48.6 Å². The van der Waals surface area contributed by atoms with Gasteiger partial charge in [-0.1, -0.05) is 30.3 Å². The molecule has 2 aliphatic rings. The van der Waals surface area contributed by atoms with Gasteiger partial charge in [0, 0.05) is 30.1 Å². The summed E-state index contributed by atoms with van der Waals surface area (Å²) in [7, 11) is 0. The van der Waals surface area contributed by atoms with Crippen LogP contribution in [0.1, 0.15) is 42.9 Å². The quantitative estimate of drug-likeness (QED) is 0.695. The molecule has 5 rings (SSSR count). The highest BCUT2D eigenvalue weighted by atomic mass is 19.1. The molecule has 2 aliphatic heterocycles. The summed E-state index contributed by atoms with van der Waals surface area (Å²) in [6, 6.07) is 14.0. The molecule has 0 radical (unpaired) electrons. The molecule has 2 N–H and O–H groups in total. The van der Waals surface area contributed by atoms with Crippen LogP contribution in [0.5, 0.6) is 0 Å². The van der Waals surface area contributed by atoms with Crippen molar-refractivity contribution in [3.05, 3.63) is 71.7 Å². The second-order valence-electron chi connectivity index (χ2n) is 8.39. The standard InChI is InChI=1S/C24H24FN3O2/c25-18-8-6-16(7-9-18)23-24(12-10-21(29)27-24)11-3-13-28(23)22(30)14-17-15-26-20-5-2-1-4-19(17)20/h1-2,4-9,15,23,26H,3,10-14H2,(H,27,29)/t23-,24+/m1/s1. The van der Waals surface area contributed by atoms with Gasteiger partial charge in [-0.25, -0.2) is 4.39 Å². The number of aromatic nitrogens is 1. The lowest BCUT2D eigenvalue weighted by molar-refractivity contribution is -0.138. The predicted molar refractivity (Wildman–Crippen MR) is 112 cm³/mol. The molecule has 3 heterocycles. The van der Waals surface area contributed by atoms with Crippen LogP contribution in [0.15, 0.2) is 54.7 Å². The van der Waals surface area contributed by atoms with E-state index in [1.54, 1.807) is 12.1 Å². The Morgan fingerprint density at radius 2 is 1.93 bits per heavy atom. The Kier molecular flexibility index (Phi) is 4.57. The first-order valence-electron chi connectivity index (χ1n) is 10.5. The summed E-state index contributed by atoms with van der Waals surface area (Å²) in [5, 5.41) is 4.22. The third kappa shape index (κ3) is 3.16. The van der Waals surface area contributed by atoms with Crippen molar-refractivity contribution in [2.45, 2.75) is 43.7 Å². The van der Waals surface area contributed by atoms with E-state index < -0.39 is 5.54 Å². The Morgan fingerprint density at radius 3 is 2.70 bits per heavy atom. The van der Waals surface area contributed by atoms with Crippen LogP contribution in [-0.2, 0) is 16.0 Å². The zero-order valence-electron chi connectivity index (χ0n) is 16.7. The smallest absolute Gasteiger partial charge is 0.227 e. The minimum atomic E-state index is -0.483. The molecular formula is C24H24FN3O2. The van der Waals surface area contributed by atoms with E-state index in [0.717, 1.165) is 34.9 Å². The molecule has 6 heteroatoms. The second-order valence-corrected chi connectivity index (χ2v) is 8.39. The van der Waals surface area contributed by atoms with Gasteiger partial charge >= 0.3 is 0 Å². The van der Waals surface area contributed by atoms with Gasteiger partial charge in [0.05, 0.1) is 18.0 Å². The summed E-state index contributed by atoms with van der Waals surface area (Å²) in [5.74, 6) is -0.266. The summed E-state index contributed by atoms with van der Waals surface area (Å²) in [4.78, 5) is 30.8. The Hall–Kier alpha value is -3.15. The van der Waals surface area contributed by atoms with Crippen molar-refractivity contribution in [2.75, 3.05) is 6.54 Å². The number of aromatic amines is 1. The molecule has 5 nitrogen and oxygen atoms in total. The fourth-order valence-corrected chi connectivity index (χ4v) is 5.22. The highest BCUT2D eigenvalue weighted by molar-refractivity contribution is 5.89. The highest BCUT2D eigenvalue weighted by Crippen LogP contribution is 2.44. The van der Waals surface area contributed by atoms with E-state index >= 15 is 0 Å². The van der Waals surface area contributed by atoms with E-state index in [1.807, 2.05) is 35.4 Å². The maximum absolute atomic E-state index is 13.6. The van der Waals surface area contributed by atoms with E-state index in [0.29, 0.717) is 19.4 Å². The number of carbonyl (C=O) groups is 2. The lowest BCUT2D eigenvalue weighted by Gasteiger charge is -2.48. The maximum atomic E-state index is 13.6. The molecule has 0 unspecified atom stereocenters. The Balaban J connectivity index is 1.50. The van der Waals surface area contributed by atoms with Crippen molar-refractivity contribution >= 4 is 22.7 Å². The number of fused-ring (bicyclic) bond motifs is 1. The van der Waals surface area contributed by atoms with Crippen molar-refractivity contribution in [1.82, 2.24) is 15.2 Å². The number of piperidine rings is 1. The molecule has 2 atom stereocenters. The van der Waals surface area contributed by atoms with Crippen LogP contribution in [0, 0.1) is 5.82 Å². The monoisotopic (exact) mass is 405 g/mol. The van der Waals surface area contributed by atoms with Crippen LogP contribution < -0.4 is 5.32 Å². The van der Waals surface area contributed by atoms with Crippen LogP contribution >= 0.6 is 0 Å². The number of carbonyl (C=O) groups excluding carboxylic acids is 2. The number of nitrogens with one attached hydrogen (secondary N) is 2. The molecule has 154 valence electrons. The Morgan fingerprint density at radius 1 is 1.13 bits per heavy atom. The average Bonchev–Trinajstić information content (AvgIpc) is 3.32. The first-order valence-corrected chi connectivity index (χ1v) is 10.5. The van der Waals surface area contributed by atoms with Gasteiger partial charge in [0.2, 0.25) is 11.8 Å². The molecule has 0 bridgehead atoms. The largest absolute Gasteiger partial charge is 0.361 e. The number of hydrogen-bond donors (Lipinski definition) is 2. The first kappa shape index (κ1) is 18.9. The van der Waals surface area contributed by atoms with Gasteiger partial charge in [0.1, 0.15) is 5.82 Å². The second kappa shape index (κ2) is 7.27. The van der Waals surface area contributed by atoms with Crippen molar-refractivity contribution in [1.29, 1.82) is 0 Å². The van der Waals surface area contributed by atoms with Crippen molar-refractivity contribution in [3.63, 3.8) is 0 Å². The third-order valence-electron chi connectivity index (χ3n) is 6.57. The van der Waals surface area contributed by atoms with Crippen LogP contribution in [-0.4, -0.2) is 33.8 Å². The Bertz CT molecular complexity index is 1110. The molecule has 0 saturated carbocycles. The van der Waals surface area contributed by atoms with Crippen LogP contribution in [0.25, 0.3) is 10.9 Å². The zero-order chi connectivity index (χ0) is 20.7. The van der Waals surface area contributed by atoms with Gasteiger partial charge in [0.15, 0.2) is 0 Å². The Labute approximate surface area is 174 Å². The SMILES string of the molecule is O=C1CC[C@]2(CCCN(C(=O)Cc3c[nH]c4ccccc34)[C@@H]2c2ccc(F)cc2)N1. The zero-order valence-corrected chi connectivity index (χ0v) is 16.7. The topological polar surface area (TPSA) is 65.2 Å². The molecule has 0 aliphatic carbocycles. The van der Waals surface area contributed by atoms with Gasteiger partial charge in [-0.2, -0.15) is 0 Å². The fraction of sp³-hybridized carbons (Fsp3) is 0.333. The van der Waals surface area contributed by atoms with E-state index in [9.17, 15) is 14.0 Å². The number of amides is 2. The molecule has 1 aromatic heterocycles. The molecule has 2 fully saturated rings. The number of benzene rings is 2. The third-order valence-corrected chi connectivity index (χ3v) is 6.57. The minimum absolute atomic E-state index is 0.0213. The molecule has 1 spiro atoms. The van der Waals surface area contributed by atoms with Crippen LogP contribution in [0.2, 0.25) is 0 Å². The summed E-state index contributed by atoms with van der Waals surface area (Å²) in [6.45, 7) is 0.626. The normalized spacial score (nSPS) is 23.8. The van der Waals surface area contributed by atoms with Gasteiger partial charge in [-0.15, -0.1) is 0 Å². The summed E-state index contributed by atoms with van der Waals surface area (Å²) < 4.78 is 13.6. The fourth-order valence-electron chi connectivity index (χ4n) is 5.22. The lowest BCUT2D eigenvalue weighted by atomic mass is 9.76. The van der Waals surface area contributed by atoms with Gasteiger partial charge in [-0.3, -0.25) is 9.59 Å². The summed E-state index contributed by atoms with van der Waals surface area (Å²) in [5.41, 5.74) is 2.35. The summed E-state index contributed by atoms with van der Waals surface area (Å²) in [6.07, 6.45) is 4.97. The van der Waals surface area contributed by atoms with Gasteiger partial charge < -0.3 is 15.2 Å². The van der Waals surface area contributed by atoms with E-state index in [-0.39, 0.29) is 30.1 Å². The average molecular weight is 405 g/mol. The number of likely N-dealkylation sites (tertiary alicyclic amines) is 1. The van der Waals surface area contributed by atoms with E-state index in [2.05, 4.69) is 10.3 Å². The van der Waals surface area contributed by atoms with Gasteiger partial charge in [0.25, 0.3) is 0 Å². The van der Waals surface area contributed by atoms with Crippen LogP contribution in [0.4, 0.5) is 4.39 Å². The van der Waals surface area contributed by atoms with Crippen LogP contribution in [0.3, 0.4) is 0 Å². The molecule has 3 aromatic rings. The van der Waals surface area contributed by atoms with Crippen molar-refractivity contribution < 1.29 is 14.0 Å². The van der Waals surface area contributed by atoms with Crippen molar-refractivity contribution in [2.24, 2.45) is 0 Å². The highest BCUT2D eigenvalue weighted by Gasteiger charge is 2.50. The lowest BCUT2D eigenvalue weighted by Crippen LogP contribution is -2.58. The minimum Gasteiger partial charge on any atom is -0.361 e. The molecular weight excluding hydrogens is 381 g/mol. The number of halogens is 1. The van der Waals surface area contributed by atoms with Crippen molar-refractivity contribution in [3.8, 4) is 0 Å². The summed E-state index contributed by atoms with van der Waals surface area (Å²) >= 11 is 0. The molecule has 2 saturated heterocycles. The number of rotatable bonds is 3. The van der Waals surface area contributed by atoms with E-state index in [1.165, 1.54) is 12.1 Å². The molecule has 2 aromatic carbocycles. The molecule has 30 heavy (non-hydrogen) atoms.